The zero-order chi connectivity index (χ0) is 12.6. The number of nitrogens with two attached hydrogens (primary N) is 1. The number of alkyl halides is 2. The number of halogens is 2. The third-order valence-electron chi connectivity index (χ3n) is 2.80. The standard InChI is InChI=1S/C10H14F2N4O/c1-10(12)5-16(4-6(11)8(10)17)9-14-3-2-7(13)15-9/h2-3,6,8,17H,4-5H2,1H3,(H2,13,14,15)/t6?,8?,10-/m1/s1. The van der Waals surface area contributed by atoms with Crippen LogP contribution >= 0.6 is 0 Å². The third-order valence-corrected chi connectivity index (χ3v) is 2.80. The lowest BCUT2D eigenvalue weighted by atomic mass is 9.92. The van der Waals surface area contributed by atoms with Crippen LogP contribution in [-0.4, -0.2) is 46.1 Å². The Balaban J connectivity index is 2.24. The SMILES string of the molecule is C[C@@]1(F)CN(c2nccc(N)n2)CC(F)C1O. The van der Waals surface area contributed by atoms with Crippen LogP contribution in [0.2, 0.25) is 0 Å². The number of anilines is 2. The van der Waals surface area contributed by atoms with Gasteiger partial charge in [-0.3, -0.25) is 0 Å². The normalized spacial score (nSPS) is 33.8. The van der Waals surface area contributed by atoms with Crippen molar-refractivity contribution in [1.82, 2.24) is 9.97 Å². The molecule has 0 bridgehead atoms. The molecular weight excluding hydrogens is 230 g/mol. The lowest BCUT2D eigenvalue weighted by Crippen LogP contribution is -2.59. The molecule has 7 heteroatoms. The van der Waals surface area contributed by atoms with Crippen molar-refractivity contribution in [2.45, 2.75) is 24.9 Å². The molecule has 94 valence electrons. The van der Waals surface area contributed by atoms with Crippen LogP contribution in [-0.2, 0) is 0 Å². The molecule has 1 aliphatic rings. The van der Waals surface area contributed by atoms with Crippen LogP contribution in [0.5, 0.6) is 0 Å². The van der Waals surface area contributed by atoms with Crippen LogP contribution in [0, 0.1) is 0 Å². The number of hydrogen-bond donors (Lipinski definition) is 2. The second kappa shape index (κ2) is 4.06. The van der Waals surface area contributed by atoms with Crippen molar-refractivity contribution >= 4 is 11.8 Å². The van der Waals surface area contributed by atoms with E-state index in [0.717, 1.165) is 6.92 Å². The molecule has 2 heterocycles. The average molecular weight is 244 g/mol. The summed E-state index contributed by atoms with van der Waals surface area (Å²) in [6.07, 6.45) is -1.88. The fourth-order valence-corrected chi connectivity index (χ4v) is 1.89. The number of aliphatic hydroxyl groups is 1. The van der Waals surface area contributed by atoms with Gasteiger partial charge in [0.2, 0.25) is 5.95 Å². The van der Waals surface area contributed by atoms with E-state index in [1.807, 2.05) is 0 Å². The Bertz CT molecular complexity index is 415. The van der Waals surface area contributed by atoms with Crippen LogP contribution in [0.3, 0.4) is 0 Å². The van der Waals surface area contributed by atoms with E-state index in [9.17, 15) is 13.9 Å². The van der Waals surface area contributed by atoms with E-state index < -0.39 is 17.9 Å². The highest BCUT2D eigenvalue weighted by molar-refractivity contribution is 5.39. The van der Waals surface area contributed by atoms with E-state index in [4.69, 9.17) is 5.73 Å². The molecule has 0 aromatic carbocycles. The summed E-state index contributed by atoms with van der Waals surface area (Å²) in [6.45, 7) is 0.838. The molecule has 0 radical (unpaired) electrons. The molecule has 1 aliphatic heterocycles. The molecule has 5 nitrogen and oxygen atoms in total. The van der Waals surface area contributed by atoms with Gasteiger partial charge in [0.1, 0.15) is 18.1 Å². The molecule has 1 aromatic heterocycles. The maximum absolute atomic E-state index is 13.9. The smallest absolute Gasteiger partial charge is 0.227 e. The highest BCUT2D eigenvalue weighted by Crippen LogP contribution is 2.29. The number of hydrogen-bond acceptors (Lipinski definition) is 5. The lowest BCUT2D eigenvalue weighted by Gasteiger charge is -2.40. The fraction of sp³-hybridized carbons (Fsp3) is 0.600. The molecular formula is C10H14F2N4O. The van der Waals surface area contributed by atoms with E-state index in [1.54, 1.807) is 0 Å². The van der Waals surface area contributed by atoms with Crippen LogP contribution in [0.4, 0.5) is 20.5 Å². The molecule has 17 heavy (non-hydrogen) atoms. The average Bonchev–Trinajstić information content (AvgIpc) is 2.25. The minimum atomic E-state index is -2.04. The Labute approximate surface area is 97.3 Å². The molecule has 0 amide bonds. The summed E-state index contributed by atoms with van der Waals surface area (Å²) in [5.41, 5.74) is 3.44. The van der Waals surface area contributed by atoms with Crippen molar-refractivity contribution in [3.63, 3.8) is 0 Å². The molecule has 3 atom stereocenters. The van der Waals surface area contributed by atoms with Crippen LogP contribution in [0.25, 0.3) is 0 Å². The zero-order valence-corrected chi connectivity index (χ0v) is 9.35. The summed E-state index contributed by atoms with van der Waals surface area (Å²) in [6, 6.07) is 1.49. The zero-order valence-electron chi connectivity index (χ0n) is 9.35. The highest BCUT2D eigenvalue weighted by atomic mass is 19.2. The molecule has 0 aliphatic carbocycles. The fourth-order valence-electron chi connectivity index (χ4n) is 1.89. The van der Waals surface area contributed by atoms with Gasteiger partial charge in [-0.05, 0) is 13.0 Å². The second-order valence-electron chi connectivity index (χ2n) is 4.40. The topological polar surface area (TPSA) is 75.3 Å². The van der Waals surface area contributed by atoms with Crippen LogP contribution in [0.1, 0.15) is 6.92 Å². The van der Waals surface area contributed by atoms with Crippen molar-refractivity contribution in [3.8, 4) is 0 Å². The number of rotatable bonds is 1. The molecule has 2 unspecified atom stereocenters. The van der Waals surface area contributed by atoms with E-state index in [1.165, 1.54) is 17.2 Å². The van der Waals surface area contributed by atoms with Gasteiger partial charge in [-0.25, -0.2) is 13.8 Å². The van der Waals surface area contributed by atoms with Crippen molar-refractivity contribution in [1.29, 1.82) is 0 Å². The Morgan fingerprint density at radius 3 is 2.94 bits per heavy atom. The number of nitrogens with zero attached hydrogens (tertiary/aromatic N) is 3. The van der Waals surface area contributed by atoms with E-state index in [-0.39, 0.29) is 24.9 Å². The van der Waals surface area contributed by atoms with Crippen molar-refractivity contribution in [2.24, 2.45) is 0 Å². The maximum Gasteiger partial charge on any atom is 0.227 e. The summed E-state index contributed by atoms with van der Waals surface area (Å²) in [5, 5.41) is 9.38. The molecule has 2 rings (SSSR count). The van der Waals surface area contributed by atoms with Crippen molar-refractivity contribution in [3.05, 3.63) is 12.3 Å². The van der Waals surface area contributed by atoms with Crippen LogP contribution in [0.15, 0.2) is 12.3 Å². The minimum Gasteiger partial charge on any atom is -0.387 e. The van der Waals surface area contributed by atoms with Gasteiger partial charge in [0, 0.05) is 6.20 Å². The van der Waals surface area contributed by atoms with Crippen molar-refractivity contribution < 1.29 is 13.9 Å². The maximum atomic E-state index is 13.9. The number of nitrogen functional groups attached to an aromatic ring is 1. The van der Waals surface area contributed by atoms with Crippen molar-refractivity contribution in [2.75, 3.05) is 23.7 Å². The van der Waals surface area contributed by atoms with Gasteiger partial charge < -0.3 is 15.7 Å². The molecule has 3 N–H and O–H groups in total. The third kappa shape index (κ3) is 2.28. The first-order valence-electron chi connectivity index (χ1n) is 5.24. The predicted molar refractivity (Wildman–Crippen MR) is 59.1 cm³/mol. The van der Waals surface area contributed by atoms with Gasteiger partial charge in [0.05, 0.1) is 13.1 Å². The van der Waals surface area contributed by atoms with Gasteiger partial charge in [0.25, 0.3) is 0 Å². The summed E-state index contributed by atoms with van der Waals surface area (Å²) >= 11 is 0. The monoisotopic (exact) mass is 244 g/mol. The predicted octanol–water partition coefficient (Wildman–Crippen LogP) is 0.306. The van der Waals surface area contributed by atoms with Gasteiger partial charge in [-0.15, -0.1) is 0 Å². The quantitative estimate of drug-likeness (QED) is 0.743. The number of aromatic nitrogens is 2. The minimum absolute atomic E-state index is 0.149. The Hall–Kier alpha value is -1.50. The van der Waals surface area contributed by atoms with Gasteiger partial charge >= 0.3 is 0 Å². The first kappa shape index (κ1) is 12.0. The van der Waals surface area contributed by atoms with Crippen LogP contribution < -0.4 is 10.6 Å². The van der Waals surface area contributed by atoms with E-state index in [0.29, 0.717) is 0 Å². The summed E-state index contributed by atoms with van der Waals surface area (Å²) < 4.78 is 27.4. The summed E-state index contributed by atoms with van der Waals surface area (Å²) in [4.78, 5) is 9.15. The van der Waals surface area contributed by atoms with Gasteiger partial charge in [-0.1, -0.05) is 0 Å². The summed E-state index contributed by atoms with van der Waals surface area (Å²) in [5.74, 6) is 0.403. The first-order valence-corrected chi connectivity index (χ1v) is 5.24. The molecule has 1 saturated heterocycles. The first-order chi connectivity index (χ1) is 7.90. The molecule has 1 aromatic rings. The van der Waals surface area contributed by atoms with E-state index in [2.05, 4.69) is 9.97 Å². The van der Waals surface area contributed by atoms with Gasteiger partial charge in [-0.2, -0.15) is 4.98 Å². The molecule has 0 spiro atoms. The number of piperidine rings is 1. The molecule has 1 fully saturated rings. The van der Waals surface area contributed by atoms with E-state index >= 15 is 0 Å². The Kier molecular flexibility index (Phi) is 2.86. The Morgan fingerprint density at radius 1 is 1.65 bits per heavy atom. The largest absolute Gasteiger partial charge is 0.387 e. The van der Waals surface area contributed by atoms with Gasteiger partial charge in [0.15, 0.2) is 5.67 Å². The number of aliphatic hydroxyl groups excluding tert-OH is 1. The Morgan fingerprint density at radius 2 is 2.35 bits per heavy atom. The molecule has 0 saturated carbocycles. The second-order valence-corrected chi connectivity index (χ2v) is 4.40. The summed E-state index contributed by atoms with van der Waals surface area (Å²) in [7, 11) is 0. The highest BCUT2D eigenvalue weighted by Gasteiger charge is 2.46. The lowest BCUT2D eigenvalue weighted by molar-refractivity contribution is -0.0545.